The highest BCUT2D eigenvalue weighted by atomic mass is 15.1. The summed E-state index contributed by atoms with van der Waals surface area (Å²) in [6, 6.07) is 0. The van der Waals surface area contributed by atoms with E-state index in [-0.39, 0.29) is 0 Å². The van der Waals surface area contributed by atoms with Crippen molar-refractivity contribution in [2.24, 2.45) is 0 Å². The Morgan fingerprint density at radius 3 is 2.82 bits per heavy atom. The van der Waals surface area contributed by atoms with Crippen molar-refractivity contribution in [2.75, 3.05) is 0 Å². The molecule has 11 heavy (non-hydrogen) atoms. The molecule has 0 spiro atoms. The van der Waals surface area contributed by atoms with Gasteiger partial charge in [-0.15, -0.1) is 5.10 Å². The van der Waals surface area contributed by atoms with E-state index in [0.717, 1.165) is 12.1 Å². The van der Waals surface area contributed by atoms with Gasteiger partial charge >= 0.3 is 0 Å². The lowest BCUT2D eigenvalue weighted by Crippen LogP contribution is -1.92. The van der Waals surface area contributed by atoms with E-state index >= 15 is 0 Å². The van der Waals surface area contributed by atoms with E-state index in [2.05, 4.69) is 22.1 Å². The highest BCUT2D eigenvalue weighted by molar-refractivity contribution is 4.90. The Hall–Kier alpha value is -0.990. The zero-order valence-electron chi connectivity index (χ0n) is 6.82. The van der Waals surface area contributed by atoms with E-state index in [1.54, 1.807) is 6.20 Å². The minimum absolute atomic E-state index is 1.03. The van der Waals surface area contributed by atoms with Gasteiger partial charge in [0, 0.05) is 0 Å². The fourth-order valence-corrected chi connectivity index (χ4v) is 0.948. The van der Waals surface area contributed by atoms with Crippen molar-refractivity contribution in [3.63, 3.8) is 0 Å². The molecule has 60 valence electrons. The van der Waals surface area contributed by atoms with E-state index in [9.17, 15) is 0 Å². The molecule has 1 heterocycles. The molecule has 1 rings (SSSR count). The molecule has 0 N–H and O–H groups in total. The van der Waals surface area contributed by atoms with Crippen LogP contribution in [0.4, 0.5) is 0 Å². The standard InChI is InChI=1S/C8H13N3/c1-2-3-4-5-8-6-10-11-7-9-8/h6-7H,2-5H2,1H3. The Morgan fingerprint density at radius 2 is 2.18 bits per heavy atom. The molecule has 0 saturated heterocycles. The van der Waals surface area contributed by atoms with E-state index in [1.807, 2.05) is 0 Å². The Bertz CT molecular complexity index is 186. The molecule has 3 nitrogen and oxygen atoms in total. The summed E-state index contributed by atoms with van der Waals surface area (Å²) >= 11 is 0. The quantitative estimate of drug-likeness (QED) is 0.613. The van der Waals surface area contributed by atoms with Crippen molar-refractivity contribution in [1.29, 1.82) is 0 Å². The van der Waals surface area contributed by atoms with Gasteiger partial charge in [0.25, 0.3) is 0 Å². The predicted molar refractivity (Wildman–Crippen MR) is 43.1 cm³/mol. The van der Waals surface area contributed by atoms with Crippen molar-refractivity contribution >= 4 is 0 Å². The first kappa shape index (κ1) is 8.11. The van der Waals surface area contributed by atoms with E-state index in [0.29, 0.717) is 0 Å². The predicted octanol–water partition coefficient (Wildman–Crippen LogP) is 1.60. The second-order valence-electron chi connectivity index (χ2n) is 2.55. The fourth-order valence-electron chi connectivity index (χ4n) is 0.948. The zero-order valence-corrected chi connectivity index (χ0v) is 6.82. The van der Waals surface area contributed by atoms with Crippen LogP contribution in [0.15, 0.2) is 12.5 Å². The van der Waals surface area contributed by atoms with Crippen molar-refractivity contribution in [2.45, 2.75) is 32.6 Å². The summed E-state index contributed by atoms with van der Waals surface area (Å²) in [6.45, 7) is 2.19. The number of aryl methyl sites for hydroxylation is 1. The number of aromatic nitrogens is 3. The largest absolute Gasteiger partial charge is 0.238 e. The Balaban J connectivity index is 2.28. The molecule has 1 aromatic rings. The van der Waals surface area contributed by atoms with Crippen LogP contribution in [0, 0.1) is 0 Å². The first-order chi connectivity index (χ1) is 5.43. The van der Waals surface area contributed by atoms with Gasteiger partial charge in [-0.1, -0.05) is 19.8 Å². The molecule has 0 bridgehead atoms. The molecule has 0 unspecified atom stereocenters. The molecule has 0 aliphatic carbocycles. The van der Waals surface area contributed by atoms with Crippen LogP contribution in [0.1, 0.15) is 31.9 Å². The fraction of sp³-hybridized carbons (Fsp3) is 0.625. The number of rotatable bonds is 4. The van der Waals surface area contributed by atoms with E-state index in [1.165, 1.54) is 25.6 Å². The molecule has 0 atom stereocenters. The Kier molecular flexibility index (Phi) is 3.52. The second-order valence-corrected chi connectivity index (χ2v) is 2.55. The molecule has 3 heteroatoms. The number of nitrogens with zero attached hydrogens (tertiary/aromatic N) is 3. The summed E-state index contributed by atoms with van der Waals surface area (Å²) in [4.78, 5) is 4.08. The monoisotopic (exact) mass is 151 g/mol. The Labute approximate surface area is 66.9 Å². The number of unbranched alkanes of at least 4 members (excludes halogenated alkanes) is 2. The van der Waals surface area contributed by atoms with Gasteiger partial charge in [0.05, 0.1) is 11.9 Å². The lowest BCUT2D eigenvalue weighted by Gasteiger charge is -1.95. The van der Waals surface area contributed by atoms with Crippen LogP contribution in [0.25, 0.3) is 0 Å². The third-order valence-electron chi connectivity index (χ3n) is 1.59. The molecule has 0 saturated carbocycles. The molecule has 1 aromatic heterocycles. The third kappa shape index (κ3) is 3.07. The van der Waals surface area contributed by atoms with Crippen LogP contribution < -0.4 is 0 Å². The molecule has 0 amide bonds. The van der Waals surface area contributed by atoms with Gasteiger partial charge in [-0.05, 0) is 12.8 Å². The summed E-state index contributed by atoms with van der Waals surface area (Å²) < 4.78 is 0. The van der Waals surface area contributed by atoms with Gasteiger partial charge in [0.15, 0.2) is 0 Å². The van der Waals surface area contributed by atoms with Gasteiger partial charge in [0.1, 0.15) is 6.33 Å². The van der Waals surface area contributed by atoms with Gasteiger partial charge in [-0.3, -0.25) is 0 Å². The average molecular weight is 151 g/mol. The number of hydrogen-bond acceptors (Lipinski definition) is 3. The third-order valence-corrected chi connectivity index (χ3v) is 1.59. The molecule has 0 aliphatic heterocycles. The molecular weight excluding hydrogens is 138 g/mol. The van der Waals surface area contributed by atoms with Gasteiger partial charge < -0.3 is 0 Å². The minimum Gasteiger partial charge on any atom is -0.238 e. The van der Waals surface area contributed by atoms with Crippen molar-refractivity contribution in [3.8, 4) is 0 Å². The maximum Gasteiger partial charge on any atom is 0.138 e. The lowest BCUT2D eigenvalue weighted by molar-refractivity contribution is 0.700. The van der Waals surface area contributed by atoms with Crippen LogP contribution >= 0.6 is 0 Å². The zero-order chi connectivity index (χ0) is 7.94. The first-order valence-electron chi connectivity index (χ1n) is 4.05. The van der Waals surface area contributed by atoms with Crippen LogP contribution in [-0.2, 0) is 6.42 Å². The second kappa shape index (κ2) is 4.77. The van der Waals surface area contributed by atoms with Crippen LogP contribution in [0.5, 0.6) is 0 Å². The van der Waals surface area contributed by atoms with Gasteiger partial charge in [-0.2, -0.15) is 5.10 Å². The van der Waals surface area contributed by atoms with E-state index < -0.39 is 0 Å². The van der Waals surface area contributed by atoms with Crippen LogP contribution in [0.2, 0.25) is 0 Å². The number of hydrogen-bond donors (Lipinski definition) is 0. The maximum atomic E-state index is 4.08. The summed E-state index contributed by atoms with van der Waals surface area (Å²) in [6.07, 6.45) is 7.98. The van der Waals surface area contributed by atoms with Gasteiger partial charge in [-0.25, -0.2) is 4.98 Å². The van der Waals surface area contributed by atoms with Crippen molar-refractivity contribution < 1.29 is 0 Å². The molecule has 0 aromatic carbocycles. The molecule has 0 aliphatic rings. The SMILES string of the molecule is CCCCCc1cnncn1. The summed E-state index contributed by atoms with van der Waals surface area (Å²) in [5.74, 6) is 0. The van der Waals surface area contributed by atoms with E-state index in [4.69, 9.17) is 0 Å². The van der Waals surface area contributed by atoms with Crippen molar-refractivity contribution in [1.82, 2.24) is 15.2 Å². The average Bonchev–Trinajstić information content (AvgIpc) is 2.07. The topological polar surface area (TPSA) is 38.7 Å². The molecule has 0 radical (unpaired) electrons. The summed E-state index contributed by atoms with van der Waals surface area (Å²) in [5, 5.41) is 7.36. The van der Waals surface area contributed by atoms with Crippen LogP contribution in [0.3, 0.4) is 0 Å². The normalized spacial score (nSPS) is 9.91. The highest BCUT2D eigenvalue weighted by Gasteiger charge is 1.92. The highest BCUT2D eigenvalue weighted by Crippen LogP contribution is 2.00. The maximum absolute atomic E-state index is 4.08. The van der Waals surface area contributed by atoms with Gasteiger partial charge in [0.2, 0.25) is 0 Å². The minimum atomic E-state index is 1.03. The summed E-state index contributed by atoms with van der Waals surface area (Å²) in [7, 11) is 0. The smallest absolute Gasteiger partial charge is 0.138 e. The molecule has 0 fully saturated rings. The Morgan fingerprint density at radius 1 is 1.27 bits per heavy atom. The van der Waals surface area contributed by atoms with Crippen LogP contribution in [-0.4, -0.2) is 15.2 Å². The lowest BCUT2D eigenvalue weighted by atomic mass is 10.2. The summed E-state index contributed by atoms with van der Waals surface area (Å²) in [5.41, 5.74) is 1.05. The van der Waals surface area contributed by atoms with Crippen molar-refractivity contribution in [3.05, 3.63) is 18.2 Å². The first-order valence-corrected chi connectivity index (χ1v) is 4.05. The molecular formula is C8H13N3.